The quantitative estimate of drug-likeness (QED) is 0.488. The Labute approximate surface area is 173 Å². The number of rotatable bonds is 10. The number of carbonyl (C=O) groups is 2. The number of nitrogens with one attached hydrogen (secondary N) is 2. The van der Waals surface area contributed by atoms with Crippen molar-refractivity contribution in [3.63, 3.8) is 0 Å². The van der Waals surface area contributed by atoms with Gasteiger partial charge in [0.15, 0.2) is 10.8 Å². The Hall–Kier alpha value is -2.39. The third kappa shape index (κ3) is 5.16. The molecule has 29 heavy (non-hydrogen) atoms. The van der Waals surface area contributed by atoms with Crippen molar-refractivity contribution < 1.29 is 14.3 Å². The van der Waals surface area contributed by atoms with Crippen molar-refractivity contribution in [1.82, 2.24) is 25.3 Å². The summed E-state index contributed by atoms with van der Waals surface area (Å²) in [5.74, 6) is 0.690. The van der Waals surface area contributed by atoms with Crippen molar-refractivity contribution >= 4 is 44.6 Å². The summed E-state index contributed by atoms with van der Waals surface area (Å²) in [6, 6.07) is 3.76. The van der Waals surface area contributed by atoms with E-state index in [-0.39, 0.29) is 17.3 Å². The number of aromatic nitrogens is 4. The molecule has 8 nitrogen and oxygen atoms in total. The second-order valence-electron chi connectivity index (χ2n) is 6.95. The molecule has 9 heteroatoms. The number of methoxy groups -OCH3 is 1. The van der Waals surface area contributed by atoms with E-state index in [2.05, 4.69) is 20.6 Å². The molecule has 0 saturated heterocycles. The zero-order chi connectivity index (χ0) is 20.8. The summed E-state index contributed by atoms with van der Waals surface area (Å²) in [6.45, 7) is 4.12. The lowest BCUT2D eigenvalue weighted by Gasteiger charge is -2.08. The minimum absolute atomic E-state index is 0.168. The molecule has 0 saturated carbocycles. The van der Waals surface area contributed by atoms with Gasteiger partial charge in [0.25, 0.3) is 5.91 Å². The average molecular weight is 418 g/mol. The van der Waals surface area contributed by atoms with Crippen LogP contribution in [0, 0.1) is 0 Å². The Kier molecular flexibility index (Phi) is 7.27. The first-order chi connectivity index (χ1) is 14.0. The number of aromatic amines is 1. The molecule has 2 aromatic heterocycles. The van der Waals surface area contributed by atoms with Crippen LogP contribution in [0.5, 0.6) is 0 Å². The summed E-state index contributed by atoms with van der Waals surface area (Å²) in [5.41, 5.74) is 2.01. The smallest absolute Gasteiger partial charge is 0.272 e. The first kappa shape index (κ1) is 21.3. The maximum atomic E-state index is 12.6. The molecule has 3 rings (SSSR count). The van der Waals surface area contributed by atoms with E-state index in [1.165, 1.54) is 11.8 Å². The van der Waals surface area contributed by atoms with Crippen molar-refractivity contribution in [2.45, 2.75) is 45.8 Å². The van der Waals surface area contributed by atoms with Gasteiger partial charge in [-0.3, -0.25) is 14.7 Å². The topological polar surface area (TPSA) is 102 Å². The van der Waals surface area contributed by atoms with Crippen LogP contribution in [0.2, 0.25) is 0 Å². The minimum Gasteiger partial charge on any atom is -0.360 e. The van der Waals surface area contributed by atoms with E-state index in [0.717, 1.165) is 53.2 Å². The fourth-order valence-electron chi connectivity index (χ4n) is 3.15. The van der Waals surface area contributed by atoms with E-state index in [1.807, 2.05) is 25.3 Å². The number of thioether (sulfide) groups is 1. The molecule has 0 bridgehead atoms. The van der Waals surface area contributed by atoms with Crippen molar-refractivity contribution in [2.24, 2.45) is 0 Å². The van der Waals surface area contributed by atoms with Crippen molar-refractivity contribution in [2.75, 3.05) is 19.4 Å². The van der Waals surface area contributed by atoms with Crippen LogP contribution in [0.15, 0.2) is 18.3 Å². The highest BCUT2D eigenvalue weighted by Gasteiger charge is 2.17. The normalized spacial score (nSPS) is 12.5. The summed E-state index contributed by atoms with van der Waals surface area (Å²) in [6.07, 6.45) is 5.74. The zero-order valence-corrected chi connectivity index (χ0v) is 17.8. The third-order valence-electron chi connectivity index (χ3n) is 4.83. The van der Waals surface area contributed by atoms with Crippen molar-refractivity contribution in [3.05, 3.63) is 24.0 Å². The van der Waals surface area contributed by atoms with E-state index in [9.17, 15) is 9.59 Å². The van der Waals surface area contributed by atoms with E-state index >= 15 is 0 Å². The molecular formula is C20H27N5O3S. The van der Waals surface area contributed by atoms with Gasteiger partial charge in [-0.2, -0.15) is 10.2 Å². The SMILES string of the molecule is COC(C)n1cc2c(ccc3c(C(=O)NCCCCCCSC(C)=O)n[nH]c32)n1. The van der Waals surface area contributed by atoms with Gasteiger partial charge < -0.3 is 10.1 Å². The molecule has 1 unspecified atom stereocenters. The summed E-state index contributed by atoms with van der Waals surface area (Å²) in [7, 11) is 1.64. The molecule has 1 aromatic carbocycles. The highest BCUT2D eigenvalue weighted by atomic mass is 32.2. The van der Waals surface area contributed by atoms with Gasteiger partial charge in [0.05, 0.1) is 11.0 Å². The van der Waals surface area contributed by atoms with E-state index < -0.39 is 0 Å². The van der Waals surface area contributed by atoms with Gasteiger partial charge in [0, 0.05) is 43.3 Å². The monoisotopic (exact) mass is 417 g/mol. The zero-order valence-electron chi connectivity index (χ0n) is 17.0. The van der Waals surface area contributed by atoms with E-state index in [1.54, 1.807) is 18.7 Å². The van der Waals surface area contributed by atoms with Crippen LogP contribution in [0.3, 0.4) is 0 Å². The Morgan fingerprint density at radius 1 is 1.24 bits per heavy atom. The Bertz CT molecular complexity index is 997. The molecule has 1 amide bonds. The van der Waals surface area contributed by atoms with Gasteiger partial charge in [0.1, 0.15) is 6.23 Å². The molecule has 0 aliphatic rings. The fraction of sp³-hybridized carbons (Fsp3) is 0.500. The summed E-state index contributed by atoms with van der Waals surface area (Å²) in [5, 5.41) is 16.5. The van der Waals surface area contributed by atoms with Crippen LogP contribution >= 0.6 is 11.8 Å². The van der Waals surface area contributed by atoms with Crippen molar-refractivity contribution in [1.29, 1.82) is 0 Å². The number of H-pyrrole nitrogens is 1. The molecule has 0 radical (unpaired) electrons. The highest BCUT2D eigenvalue weighted by molar-refractivity contribution is 8.13. The molecule has 0 aliphatic heterocycles. The van der Waals surface area contributed by atoms with Gasteiger partial charge in [-0.15, -0.1) is 0 Å². The molecular weight excluding hydrogens is 390 g/mol. The number of nitrogens with zero attached hydrogens (tertiary/aromatic N) is 3. The van der Waals surface area contributed by atoms with Crippen molar-refractivity contribution in [3.8, 4) is 0 Å². The molecule has 156 valence electrons. The summed E-state index contributed by atoms with van der Waals surface area (Å²) in [4.78, 5) is 23.4. The van der Waals surface area contributed by atoms with Crippen LogP contribution in [0.4, 0.5) is 0 Å². The lowest BCUT2D eigenvalue weighted by molar-refractivity contribution is -0.109. The number of benzene rings is 1. The number of amides is 1. The van der Waals surface area contributed by atoms with Gasteiger partial charge in [-0.1, -0.05) is 24.6 Å². The number of hydrogen-bond acceptors (Lipinski definition) is 6. The summed E-state index contributed by atoms with van der Waals surface area (Å²) < 4.78 is 7.06. The average Bonchev–Trinajstić information content (AvgIpc) is 3.32. The second kappa shape index (κ2) is 9.89. The van der Waals surface area contributed by atoms with E-state index in [0.29, 0.717) is 12.2 Å². The molecule has 3 aromatic rings. The van der Waals surface area contributed by atoms with Gasteiger partial charge in [-0.25, -0.2) is 4.68 Å². The molecule has 0 spiro atoms. The van der Waals surface area contributed by atoms with Gasteiger partial charge in [0.2, 0.25) is 0 Å². The lowest BCUT2D eigenvalue weighted by atomic mass is 10.1. The lowest BCUT2D eigenvalue weighted by Crippen LogP contribution is -2.25. The Balaban J connectivity index is 1.57. The molecule has 0 fully saturated rings. The van der Waals surface area contributed by atoms with Crippen LogP contribution in [0.25, 0.3) is 21.8 Å². The third-order valence-corrected chi connectivity index (χ3v) is 5.73. The number of fused-ring (bicyclic) bond motifs is 3. The standard InChI is InChI=1S/C20H27N5O3S/c1-13(28-3)25-12-16-17(24-25)9-8-15-18(16)22-23-19(15)20(27)21-10-6-4-5-7-11-29-14(2)26/h8-9,12-13H,4-7,10-11H2,1-3H3,(H,21,27)(H,22,23). The summed E-state index contributed by atoms with van der Waals surface area (Å²) >= 11 is 1.37. The van der Waals surface area contributed by atoms with Gasteiger partial charge in [-0.05, 0) is 31.9 Å². The van der Waals surface area contributed by atoms with Crippen LogP contribution in [0.1, 0.15) is 56.2 Å². The molecule has 0 aliphatic carbocycles. The van der Waals surface area contributed by atoms with Crippen LogP contribution < -0.4 is 5.32 Å². The van der Waals surface area contributed by atoms with Gasteiger partial charge >= 0.3 is 0 Å². The number of carbonyl (C=O) groups excluding carboxylic acids is 2. The predicted octanol–water partition coefficient (Wildman–Crippen LogP) is 3.65. The fourth-order valence-corrected chi connectivity index (χ4v) is 3.79. The minimum atomic E-state index is -0.180. The molecule has 2 N–H and O–H groups in total. The number of hydrogen-bond donors (Lipinski definition) is 2. The first-order valence-electron chi connectivity index (χ1n) is 9.81. The maximum absolute atomic E-state index is 12.6. The predicted molar refractivity (Wildman–Crippen MR) is 115 cm³/mol. The van der Waals surface area contributed by atoms with E-state index in [4.69, 9.17) is 4.74 Å². The van der Waals surface area contributed by atoms with Crippen LogP contribution in [-0.4, -0.2) is 50.4 Å². The highest BCUT2D eigenvalue weighted by Crippen LogP contribution is 2.26. The number of ether oxygens (including phenoxy) is 1. The van der Waals surface area contributed by atoms with Crippen LogP contribution in [-0.2, 0) is 9.53 Å². The first-order valence-corrected chi connectivity index (χ1v) is 10.8. The Morgan fingerprint density at radius 2 is 2.03 bits per heavy atom. The molecule has 2 heterocycles. The Morgan fingerprint density at radius 3 is 2.79 bits per heavy atom. The second-order valence-corrected chi connectivity index (χ2v) is 8.22. The largest absolute Gasteiger partial charge is 0.360 e. The maximum Gasteiger partial charge on any atom is 0.272 e. The number of unbranched alkanes of at least 4 members (excludes halogenated alkanes) is 3. The molecule has 1 atom stereocenters.